The molecule has 0 aliphatic rings. The Morgan fingerprint density at radius 1 is 1.00 bits per heavy atom. The van der Waals surface area contributed by atoms with E-state index in [1.54, 1.807) is 12.3 Å². The van der Waals surface area contributed by atoms with Crippen molar-refractivity contribution in [2.24, 2.45) is 0 Å². The van der Waals surface area contributed by atoms with Gasteiger partial charge in [-0.05, 0) is 15.9 Å². The van der Waals surface area contributed by atoms with Gasteiger partial charge in [-0.25, -0.2) is 28.7 Å². The molecule has 0 atom stereocenters. The maximum atomic E-state index is 11.2. The van der Waals surface area contributed by atoms with Crippen molar-refractivity contribution in [1.82, 2.24) is 19.1 Å². The van der Waals surface area contributed by atoms with Crippen molar-refractivity contribution in [3.8, 4) is 0 Å². The Morgan fingerprint density at radius 3 is 2.00 bits per heavy atom. The minimum absolute atomic E-state index is 0.0421. The number of fused-ring (bicyclic) bond motifs is 2. The monoisotopic (exact) mass is 491 g/mol. The van der Waals surface area contributed by atoms with E-state index >= 15 is 0 Å². The molecule has 0 saturated heterocycles. The van der Waals surface area contributed by atoms with Crippen LogP contribution in [-0.2, 0) is 12.0 Å². The van der Waals surface area contributed by atoms with Gasteiger partial charge in [-0.3, -0.25) is 10.1 Å². The summed E-state index contributed by atoms with van der Waals surface area (Å²) >= 11 is 14.2. The number of nitrogens with zero attached hydrogens (tertiary/aromatic N) is 5. The first-order chi connectivity index (χ1) is 13.3. The first-order valence-corrected chi connectivity index (χ1v) is 9.12. The fourth-order valence-corrected chi connectivity index (χ4v) is 2.91. The Bertz CT molecular complexity index is 1290. The largest absolute Gasteiger partial charge is 0.422 e. The number of aromatic nitrogens is 4. The van der Waals surface area contributed by atoms with Gasteiger partial charge in [-0.2, -0.15) is 0 Å². The molecule has 0 N–H and O–H groups in total. The van der Waals surface area contributed by atoms with Crippen molar-refractivity contribution in [2.75, 3.05) is 0 Å². The number of halogens is 3. The molecule has 0 fully saturated rings. The van der Waals surface area contributed by atoms with E-state index in [1.165, 1.54) is 4.57 Å². The van der Waals surface area contributed by atoms with Gasteiger partial charge >= 0.3 is 11.5 Å². The summed E-state index contributed by atoms with van der Waals surface area (Å²) in [6.07, 6.45) is 2.63. The molecule has 28 heavy (non-hydrogen) atoms. The normalized spacial score (nSPS) is 10.8. The Kier molecular flexibility index (Phi) is 5.82. The van der Waals surface area contributed by atoms with Crippen molar-refractivity contribution in [2.45, 2.75) is 12.0 Å². The number of pyridine rings is 2. The lowest BCUT2D eigenvalue weighted by atomic mass is 10.4. The van der Waals surface area contributed by atoms with Gasteiger partial charge in [0, 0.05) is 16.7 Å². The van der Waals surface area contributed by atoms with E-state index in [9.17, 15) is 19.7 Å². The minimum atomic E-state index is -0.687. The number of hydrogen-bond acceptors (Lipinski definition) is 8. The summed E-state index contributed by atoms with van der Waals surface area (Å²) in [4.78, 5) is 39.8. The van der Waals surface area contributed by atoms with Crippen LogP contribution in [0.4, 0.5) is 5.69 Å². The fraction of sp³-hybridized carbons (Fsp3) is 0.143. The van der Waals surface area contributed by atoms with Gasteiger partial charge in [0.25, 0.3) is 5.69 Å². The van der Waals surface area contributed by atoms with Gasteiger partial charge < -0.3 is 8.83 Å². The predicted octanol–water partition coefficient (Wildman–Crippen LogP) is 3.04. The molecule has 0 aromatic carbocycles. The zero-order chi connectivity index (χ0) is 20.4. The van der Waals surface area contributed by atoms with Crippen LogP contribution in [0.25, 0.3) is 22.5 Å². The molecule has 0 bridgehead atoms. The van der Waals surface area contributed by atoms with Crippen LogP contribution in [0.1, 0.15) is 0 Å². The smallest absolute Gasteiger partial charge is 0.406 e. The van der Waals surface area contributed by atoms with E-state index < -0.39 is 16.4 Å². The highest BCUT2D eigenvalue weighted by Crippen LogP contribution is 2.17. The third kappa shape index (κ3) is 3.79. The van der Waals surface area contributed by atoms with E-state index in [-0.39, 0.29) is 28.9 Å². The molecule has 0 spiro atoms. The quantitative estimate of drug-likeness (QED) is 0.241. The van der Waals surface area contributed by atoms with Gasteiger partial charge in [0.1, 0.15) is 18.2 Å². The molecule has 0 saturated carbocycles. The van der Waals surface area contributed by atoms with Crippen molar-refractivity contribution >= 4 is 67.3 Å². The van der Waals surface area contributed by atoms with Gasteiger partial charge in [0.15, 0.2) is 22.5 Å². The molecular weight excluding hydrogens is 485 g/mol. The molecule has 0 aliphatic carbocycles. The van der Waals surface area contributed by atoms with Crippen molar-refractivity contribution in [1.29, 1.82) is 0 Å². The second-order valence-corrected chi connectivity index (χ2v) is 6.47. The van der Waals surface area contributed by atoms with Crippen molar-refractivity contribution in [3.63, 3.8) is 0 Å². The molecule has 4 rings (SSSR count). The molecule has 4 aromatic rings. The molecule has 11 nitrogen and oxygen atoms in total. The Morgan fingerprint density at radius 2 is 1.50 bits per heavy atom. The maximum Gasteiger partial charge on any atom is 0.422 e. The molecule has 4 heterocycles. The number of rotatable bonds is 3. The number of nitro groups is 1. The number of alkyl halides is 2. The summed E-state index contributed by atoms with van der Waals surface area (Å²) in [5.41, 5.74) is 0.900. The summed E-state index contributed by atoms with van der Waals surface area (Å²) in [7, 11) is 0. The van der Waals surface area contributed by atoms with Crippen LogP contribution in [0, 0.1) is 10.1 Å². The Hall–Kier alpha value is -2.70. The van der Waals surface area contributed by atoms with Gasteiger partial charge in [-0.15, -0.1) is 23.2 Å². The lowest BCUT2D eigenvalue weighted by Crippen LogP contribution is -2.11. The molecule has 14 heteroatoms. The Labute approximate surface area is 172 Å². The lowest BCUT2D eigenvalue weighted by Gasteiger charge is -1.92. The van der Waals surface area contributed by atoms with Gasteiger partial charge in [0.2, 0.25) is 0 Å². The third-order valence-electron chi connectivity index (χ3n) is 3.41. The first-order valence-electron chi connectivity index (χ1n) is 7.26. The average Bonchev–Trinajstić information content (AvgIpc) is 3.15. The predicted molar refractivity (Wildman–Crippen MR) is 103 cm³/mol. The average molecular weight is 493 g/mol. The van der Waals surface area contributed by atoms with Crippen LogP contribution in [0.15, 0.2) is 47.4 Å². The van der Waals surface area contributed by atoms with E-state index in [1.807, 2.05) is 0 Å². The zero-order valence-electron chi connectivity index (χ0n) is 13.5. The highest BCUT2D eigenvalue weighted by molar-refractivity contribution is 9.10. The zero-order valence-corrected chi connectivity index (χ0v) is 16.6. The summed E-state index contributed by atoms with van der Waals surface area (Å²) in [5, 5.41) is 10.4. The van der Waals surface area contributed by atoms with Crippen LogP contribution in [0.5, 0.6) is 0 Å². The maximum absolute atomic E-state index is 11.2. The summed E-state index contributed by atoms with van der Waals surface area (Å²) < 4.78 is 12.7. The van der Waals surface area contributed by atoms with Gasteiger partial charge in [0.05, 0.1) is 11.0 Å². The van der Waals surface area contributed by atoms with Crippen molar-refractivity contribution in [3.05, 3.63) is 60.2 Å². The number of hydrogen-bond donors (Lipinski definition) is 0. The van der Waals surface area contributed by atoms with Gasteiger partial charge in [-0.1, -0.05) is 0 Å². The van der Waals surface area contributed by atoms with Crippen molar-refractivity contribution < 1.29 is 13.8 Å². The third-order valence-corrected chi connectivity index (χ3v) is 4.33. The lowest BCUT2D eigenvalue weighted by molar-refractivity contribution is -0.385. The second kappa shape index (κ2) is 8.12. The highest BCUT2D eigenvalue weighted by Gasteiger charge is 2.14. The van der Waals surface area contributed by atoms with Crippen LogP contribution < -0.4 is 11.5 Å². The SMILES string of the molecule is O=c1oc2cc(Br)cnc2n1CCl.O=c1oc2cc([N+](=O)[O-])cnc2n1CCl. The molecule has 0 unspecified atom stereocenters. The first kappa shape index (κ1) is 20.0. The molecule has 0 aliphatic heterocycles. The highest BCUT2D eigenvalue weighted by atomic mass is 79.9. The molecule has 146 valence electrons. The fourth-order valence-electron chi connectivity index (χ4n) is 2.18. The molecule has 0 radical (unpaired) electrons. The topological polar surface area (TPSA) is 139 Å². The van der Waals surface area contributed by atoms with E-state index in [0.29, 0.717) is 11.2 Å². The molecule has 4 aromatic heterocycles. The second-order valence-electron chi connectivity index (χ2n) is 5.08. The minimum Gasteiger partial charge on any atom is -0.406 e. The van der Waals surface area contributed by atoms with Crippen LogP contribution in [0.3, 0.4) is 0 Å². The number of oxazole rings is 2. The van der Waals surface area contributed by atoms with E-state index in [0.717, 1.165) is 21.3 Å². The molecular formula is C14H8BrCl2N5O6. The summed E-state index contributed by atoms with van der Waals surface area (Å²) in [6.45, 7) is 0. The van der Waals surface area contributed by atoms with Crippen LogP contribution >= 0.6 is 39.1 Å². The van der Waals surface area contributed by atoms with Crippen LogP contribution in [-0.4, -0.2) is 24.0 Å². The Balaban J connectivity index is 0.000000162. The summed E-state index contributed by atoms with van der Waals surface area (Å²) in [6, 6.07) is 2.73. The van der Waals surface area contributed by atoms with E-state index in [2.05, 4.69) is 25.9 Å². The van der Waals surface area contributed by atoms with E-state index in [4.69, 9.17) is 32.0 Å². The van der Waals surface area contributed by atoms with Crippen LogP contribution in [0.2, 0.25) is 0 Å². The standard InChI is InChI=1S/C7H4BrClN2O2.C7H4ClN3O4/c8-4-1-5-6(10-2-4)11(3-9)7(12)13-5;8-3-10-6-5(15-7(10)12)1-4(2-9-6)11(13)14/h1-2H,3H2;1-2H,3H2. The summed E-state index contributed by atoms with van der Waals surface area (Å²) in [5.74, 6) is -1.18. The molecule has 0 amide bonds.